The number of aliphatic hydroxyl groups is 1. The molecule has 6 heteroatoms. The normalized spacial score (nSPS) is 27.7. The molecule has 2 fully saturated rings. The van der Waals surface area contributed by atoms with E-state index in [-0.39, 0.29) is 12.7 Å². The Labute approximate surface area is 206 Å². The SMILES string of the molecule is OCC[C@@]12OC[C@@H](O1)[C@@H](OCc1ccccc1)[C@@H](OCc1ccccc1)[C@@H]2OCc1ccccc1. The lowest BCUT2D eigenvalue weighted by Crippen LogP contribution is -2.63. The number of ether oxygens (including phenoxy) is 5. The molecule has 0 amide bonds. The van der Waals surface area contributed by atoms with Gasteiger partial charge in [-0.2, -0.15) is 0 Å². The van der Waals surface area contributed by atoms with Crippen molar-refractivity contribution in [1.29, 1.82) is 0 Å². The zero-order valence-electron chi connectivity index (χ0n) is 19.7. The van der Waals surface area contributed by atoms with Crippen LogP contribution in [-0.2, 0) is 43.5 Å². The predicted octanol–water partition coefficient (Wildman–Crippen LogP) is 4.25. The molecular formula is C29H32O6. The summed E-state index contributed by atoms with van der Waals surface area (Å²) in [5.41, 5.74) is 3.17. The van der Waals surface area contributed by atoms with E-state index in [2.05, 4.69) is 0 Å². The Morgan fingerprint density at radius 3 is 1.69 bits per heavy atom. The van der Waals surface area contributed by atoms with Crippen molar-refractivity contribution in [3.63, 3.8) is 0 Å². The average Bonchev–Trinajstić information content (AvgIpc) is 3.29. The fourth-order valence-corrected chi connectivity index (χ4v) is 4.82. The van der Waals surface area contributed by atoms with Gasteiger partial charge in [0.2, 0.25) is 0 Å². The molecule has 2 aliphatic heterocycles. The lowest BCUT2D eigenvalue weighted by Gasteiger charge is -2.46. The molecular weight excluding hydrogens is 444 g/mol. The third kappa shape index (κ3) is 5.64. The molecule has 2 bridgehead atoms. The summed E-state index contributed by atoms with van der Waals surface area (Å²) in [7, 11) is 0. The molecule has 35 heavy (non-hydrogen) atoms. The largest absolute Gasteiger partial charge is 0.396 e. The minimum absolute atomic E-state index is 0.0845. The minimum Gasteiger partial charge on any atom is -0.396 e. The van der Waals surface area contributed by atoms with E-state index in [1.165, 1.54) is 0 Å². The van der Waals surface area contributed by atoms with Crippen LogP contribution in [-0.4, -0.2) is 48.5 Å². The smallest absolute Gasteiger partial charge is 0.200 e. The van der Waals surface area contributed by atoms with E-state index in [0.29, 0.717) is 32.8 Å². The number of hydrogen-bond acceptors (Lipinski definition) is 6. The number of aliphatic hydroxyl groups excluding tert-OH is 1. The van der Waals surface area contributed by atoms with Crippen LogP contribution in [0.15, 0.2) is 91.0 Å². The minimum atomic E-state index is -1.08. The highest BCUT2D eigenvalue weighted by molar-refractivity contribution is 5.16. The first-order valence-corrected chi connectivity index (χ1v) is 12.2. The summed E-state index contributed by atoms with van der Waals surface area (Å²) in [6, 6.07) is 30.1. The summed E-state index contributed by atoms with van der Waals surface area (Å²) in [4.78, 5) is 0. The number of hydrogen-bond donors (Lipinski definition) is 1. The Morgan fingerprint density at radius 2 is 1.17 bits per heavy atom. The van der Waals surface area contributed by atoms with Gasteiger partial charge in [-0.3, -0.25) is 0 Å². The van der Waals surface area contributed by atoms with Gasteiger partial charge in [-0.25, -0.2) is 0 Å². The van der Waals surface area contributed by atoms with Gasteiger partial charge < -0.3 is 28.8 Å². The van der Waals surface area contributed by atoms with E-state index in [1.807, 2.05) is 91.0 Å². The zero-order valence-corrected chi connectivity index (χ0v) is 19.7. The summed E-state index contributed by atoms with van der Waals surface area (Å²) in [5.74, 6) is -1.08. The Balaban J connectivity index is 1.41. The topological polar surface area (TPSA) is 66.4 Å². The van der Waals surface area contributed by atoms with Crippen molar-refractivity contribution >= 4 is 0 Å². The van der Waals surface area contributed by atoms with E-state index in [9.17, 15) is 5.11 Å². The number of benzene rings is 3. The van der Waals surface area contributed by atoms with Gasteiger partial charge in [0.1, 0.15) is 24.4 Å². The van der Waals surface area contributed by atoms with Crippen molar-refractivity contribution in [2.45, 2.75) is 56.4 Å². The molecule has 0 radical (unpaired) electrons. The Bertz CT molecular complexity index is 1030. The molecule has 6 nitrogen and oxygen atoms in total. The van der Waals surface area contributed by atoms with Gasteiger partial charge in [0, 0.05) is 13.0 Å². The van der Waals surface area contributed by atoms with Crippen LogP contribution in [0.25, 0.3) is 0 Å². The van der Waals surface area contributed by atoms with Crippen molar-refractivity contribution in [3.05, 3.63) is 108 Å². The second-order valence-electron chi connectivity index (χ2n) is 8.99. The zero-order chi connectivity index (χ0) is 23.9. The number of fused-ring (bicyclic) bond motifs is 2. The second kappa shape index (κ2) is 11.4. The summed E-state index contributed by atoms with van der Waals surface area (Å²) >= 11 is 0. The molecule has 0 aliphatic carbocycles. The third-order valence-electron chi connectivity index (χ3n) is 6.57. The Kier molecular flexibility index (Phi) is 7.88. The van der Waals surface area contributed by atoms with E-state index in [1.54, 1.807) is 0 Å². The third-order valence-corrected chi connectivity index (χ3v) is 6.57. The molecule has 3 aromatic rings. The van der Waals surface area contributed by atoms with E-state index >= 15 is 0 Å². The molecule has 0 unspecified atom stereocenters. The lowest BCUT2D eigenvalue weighted by molar-refractivity contribution is -0.324. The summed E-state index contributed by atoms with van der Waals surface area (Å²) in [6.07, 6.45) is -1.45. The van der Waals surface area contributed by atoms with Crippen molar-refractivity contribution < 1.29 is 28.8 Å². The molecule has 2 heterocycles. The summed E-state index contributed by atoms with van der Waals surface area (Å²) in [6.45, 7) is 1.47. The average molecular weight is 477 g/mol. The van der Waals surface area contributed by atoms with Crippen LogP contribution in [0.2, 0.25) is 0 Å². The fourth-order valence-electron chi connectivity index (χ4n) is 4.82. The van der Waals surface area contributed by atoms with E-state index in [4.69, 9.17) is 23.7 Å². The van der Waals surface area contributed by atoms with Gasteiger partial charge in [-0.05, 0) is 16.7 Å². The highest BCUT2D eigenvalue weighted by atomic mass is 16.8. The maximum atomic E-state index is 9.86. The molecule has 1 N–H and O–H groups in total. The van der Waals surface area contributed by atoms with E-state index in [0.717, 1.165) is 16.7 Å². The van der Waals surface area contributed by atoms with Gasteiger partial charge in [0.05, 0.1) is 26.4 Å². The van der Waals surface area contributed by atoms with Crippen molar-refractivity contribution in [2.24, 2.45) is 0 Å². The molecule has 0 spiro atoms. The summed E-state index contributed by atoms with van der Waals surface area (Å²) < 4.78 is 32.0. The van der Waals surface area contributed by atoms with Gasteiger partial charge >= 0.3 is 0 Å². The van der Waals surface area contributed by atoms with Gasteiger partial charge in [-0.15, -0.1) is 0 Å². The maximum Gasteiger partial charge on any atom is 0.200 e. The predicted molar refractivity (Wildman–Crippen MR) is 130 cm³/mol. The van der Waals surface area contributed by atoms with Crippen LogP contribution < -0.4 is 0 Å². The lowest BCUT2D eigenvalue weighted by atomic mass is 9.92. The molecule has 2 saturated heterocycles. The first-order valence-electron chi connectivity index (χ1n) is 12.2. The highest BCUT2D eigenvalue weighted by Crippen LogP contribution is 2.44. The first kappa shape index (κ1) is 24.1. The van der Waals surface area contributed by atoms with Crippen LogP contribution in [0.4, 0.5) is 0 Å². The standard InChI is InChI=1S/C29H32O6/c30-17-16-29-28(33-20-24-14-8-3-9-15-24)27(32-19-23-12-6-2-7-13-23)26(25(35-29)21-34-29)31-18-22-10-4-1-5-11-22/h1-15,25-28,30H,16-21H2/t25-,26-,27-,28+,29-/m1/s1. The van der Waals surface area contributed by atoms with Crippen LogP contribution in [0.5, 0.6) is 0 Å². The molecule has 184 valence electrons. The molecule has 5 atom stereocenters. The molecule has 3 aromatic carbocycles. The summed E-state index contributed by atoms with van der Waals surface area (Å²) in [5, 5.41) is 9.86. The first-order chi connectivity index (χ1) is 17.3. The second-order valence-corrected chi connectivity index (χ2v) is 8.99. The molecule has 0 aromatic heterocycles. The molecule has 0 saturated carbocycles. The van der Waals surface area contributed by atoms with Crippen LogP contribution in [0.1, 0.15) is 23.1 Å². The Morgan fingerprint density at radius 1 is 0.686 bits per heavy atom. The monoisotopic (exact) mass is 476 g/mol. The van der Waals surface area contributed by atoms with Gasteiger partial charge in [0.25, 0.3) is 0 Å². The van der Waals surface area contributed by atoms with Crippen molar-refractivity contribution in [3.8, 4) is 0 Å². The Hall–Kier alpha value is -2.58. The number of rotatable bonds is 11. The maximum absolute atomic E-state index is 9.86. The highest BCUT2D eigenvalue weighted by Gasteiger charge is 2.61. The van der Waals surface area contributed by atoms with Crippen molar-refractivity contribution in [1.82, 2.24) is 0 Å². The fraction of sp³-hybridized carbons (Fsp3) is 0.379. The van der Waals surface area contributed by atoms with Crippen LogP contribution in [0.3, 0.4) is 0 Å². The van der Waals surface area contributed by atoms with Gasteiger partial charge in [0.15, 0.2) is 5.79 Å². The van der Waals surface area contributed by atoms with E-state index < -0.39 is 24.1 Å². The molecule has 5 rings (SSSR count). The quantitative estimate of drug-likeness (QED) is 0.446. The van der Waals surface area contributed by atoms with Crippen LogP contribution >= 0.6 is 0 Å². The van der Waals surface area contributed by atoms with Crippen molar-refractivity contribution in [2.75, 3.05) is 13.2 Å². The van der Waals surface area contributed by atoms with Crippen LogP contribution in [0, 0.1) is 0 Å². The molecule has 2 aliphatic rings. The van der Waals surface area contributed by atoms with Gasteiger partial charge in [-0.1, -0.05) is 91.0 Å².